The fourth-order valence-corrected chi connectivity index (χ4v) is 3.70. The van der Waals surface area contributed by atoms with Crippen molar-refractivity contribution in [1.82, 2.24) is 9.97 Å². The average molecular weight is 386 g/mol. The topological polar surface area (TPSA) is 66.9 Å². The van der Waals surface area contributed by atoms with E-state index in [0.717, 1.165) is 29.1 Å². The van der Waals surface area contributed by atoms with Crippen molar-refractivity contribution in [2.24, 2.45) is 5.92 Å². The highest BCUT2D eigenvalue weighted by Gasteiger charge is 2.28. The highest BCUT2D eigenvalue weighted by Crippen LogP contribution is 2.33. The third-order valence-corrected chi connectivity index (χ3v) is 5.50. The Morgan fingerprint density at radius 2 is 1.69 bits per heavy atom. The molecule has 0 aliphatic heterocycles. The number of hydrogen-bond acceptors (Lipinski definition) is 5. The van der Waals surface area contributed by atoms with Gasteiger partial charge in [-0.15, -0.1) is 0 Å². The molecule has 4 rings (SSSR count). The Labute approximate surface area is 171 Å². The third-order valence-electron chi connectivity index (χ3n) is 5.50. The first-order valence-corrected chi connectivity index (χ1v) is 10.0. The van der Waals surface area contributed by atoms with E-state index in [1.807, 2.05) is 36.4 Å². The van der Waals surface area contributed by atoms with Gasteiger partial charge in [0, 0.05) is 17.8 Å². The third kappa shape index (κ3) is 3.99. The summed E-state index contributed by atoms with van der Waals surface area (Å²) in [5.41, 5.74) is 6.84. The zero-order valence-electron chi connectivity index (χ0n) is 17.3. The van der Waals surface area contributed by atoms with Crippen LogP contribution in [-0.4, -0.2) is 15.8 Å². The maximum atomic E-state index is 12.8. The van der Waals surface area contributed by atoms with E-state index in [2.05, 4.69) is 44.4 Å². The van der Waals surface area contributed by atoms with Gasteiger partial charge in [-0.2, -0.15) is 4.98 Å². The molecule has 0 bridgehead atoms. The lowest BCUT2D eigenvalue weighted by Gasteiger charge is -2.23. The van der Waals surface area contributed by atoms with Crippen molar-refractivity contribution in [3.05, 3.63) is 70.4 Å². The van der Waals surface area contributed by atoms with Crippen LogP contribution in [0.3, 0.4) is 0 Å². The number of fused-ring (bicyclic) bond motifs is 1. The van der Waals surface area contributed by atoms with E-state index >= 15 is 0 Å². The minimum absolute atomic E-state index is 0.105. The molecule has 5 nitrogen and oxygen atoms in total. The first-order chi connectivity index (χ1) is 13.9. The monoisotopic (exact) mass is 386 g/mol. The minimum Gasteiger partial charge on any atom is -0.339 e. The van der Waals surface area contributed by atoms with Crippen molar-refractivity contribution >= 4 is 28.9 Å². The molecular formula is C24H26N4O. The number of benzene rings is 2. The fraction of sp³-hybridized carbons (Fsp3) is 0.292. The normalized spacial score (nSPS) is 15.7. The molecule has 0 spiro atoms. The second kappa shape index (κ2) is 7.66. The molecule has 1 unspecified atom stereocenters. The smallest absolute Gasteiger partial charge is 0.229 e. The summed E-state index contributed by atoms with van der Waals surface area (Å²) in [6.07, 6.45) is 1.30. The Morgan fingerprint density at radius 1 is 0.931 bits per heavy atom. The summed E-state index contributed by atoms with van der Waals surface area (Å²) in [6, 6.07) is 14.2. The maximum Gasteiger partial charge on any atom is 0.229 e. The molecule has 1 heterocycles. The van der Waals surface area contributed by atoms with Gasteiger partial charge in [0.25, 0.3) is 0 Å². The summed E-state index contributed by atoms with van der Waals surface area (Å²) in [7, 11) is 0. The maximum absolute atomic E-state index is 12.8. The van der Waals surface area contributed by atoms with E-state index in [9.17, 15) is 4.79 Å². The molecule has 1 atom stereocenters. The van der Waals surface area contributed by atoms with E-state index in [1.54, 1.807) is 0 Å². The molecule has 3 aromatic rings. The Kier molecular flexibility index (Phi) is 5.05. The number of carbonyl (C=O) groups is 1. The Hall–Kier alpha value is -3.21. The van der Waals surface area contributed by atoms with Crippen LogP contribution in [0.15, 0.2) is 42.5 Å². The van der Waals surface area contributed by atoms with Gasteiger partial charge in [0.05, 0.1) is 11.3 Å². The van der Waals surface area contributed by atoms with E-state index in [4.69, 9.17) is 9.97 Å². The zero-order valence-corrected chi connectivity index (χ0v) is 17.3. The van der Waals surface area contributed by atoms with Crippen LogP contribution in [0.4, 0.5) is 23.1 Å². The molecule has 5 heteroatoms. The molecule has 2 N–H and O–H groups in total. The van der Waals surface area contributed by atoms with Gasteiger partial charge in [-0.05, 0) is 62.4 Å². The van der Waals surface area contributed by atoms with Crippen molar-refractivity contribution in [3.8, 4) is 0 Å². The standard InChI is InChI=1S/C24H26N4O/c1-14-8-10-18(11-9-14)25-24-27-20-12-15(2)13-21(29)22(20)23(28-24)26-19-7-5-6-16(3)17(19)4/h5-11,15H,12-13H2,1-4H3,(H2,25,26,27,28). The SMILES string of the molecule is Cc1ccc(Nc2nc3c(c(Nc4cccc(C)c4C)n2)C(=O)CC(C)C3)cc1. The van der Waals surface area contributed by atoms with Gasteiger partial charge in [-0.3, -0.25) is 4.79 Å². The number of hydrogen-bond donors (Lipinski definition) is 2. The largest absolute Gasteiger partial charge is 0.339 e. The molecule has 0 radical (unpaired) electrons. The minimum atomic E-state index is 0.105. The van der Waals surface area contributed by atoms with Crippen molar-refractivity contribution in [2.45, 2.75) is 40.5 Å². The molecule has 0 amide bonds. The van der Waals surface area contributed by atoms with Crippen LogP contribution in [0, 0.1) is 26.7 Å². The van der Waals surface area contributed by atoms with Gasteiger partial charge < -0.3 is 10.6 Å². The lowest BCUT2D eigenvalue weighted by Crippen LogP contribution is -2.22. The second-order valence-electron chi connectivity index (χ2n) is 8.02. The quantitative estimate of drug-likeness (QED) is 0.606. The summed E-state index contributed by atoms with van der Waals surface area (Å²) in [4.78, 5) is 22.2. The van der Waals surface area contributed by atoms with Crippen molar-refractivity contribution in [1.29, 1.82) is 0 Å². The Bertz CT molecular complexity index is 1070. The van der Waals surface area contributed by atoms with Gasteiger partial charge >= 0.3 is 0 Å². The highest BCUT2D eigenvalue weighted by atomic mass is 16.1. The summed E-state index contributed by atoms with van der Waals surface area (Å²) < 4.78 is 0. The first kappa shape index (κ1) is 19.1. The molecule has 29 heavy (non-hydrogen) atoms. The van der Waals surface area contributed by atoms with Crippen LogP contribution in [0.1, 0.15) is 46.1 Å². The fourth-order valence-electron chi connectivity index (χ4n) is 3.70. The van der Waals surface area contributed by atoms with Gasteiger partial charge in [0.2, 0.25) is 5.95 Å². The van der Waals surface area contributed by atoms with Crippen LogP contribution >= 0.6 is 0 Å². The summed E-state index contributed by atoms with van der Waals surface area (Å²) in [5, 5.41) is 6.70. The number of ketones is 1. The number of carbonyl (C=O) groups excluding carboxylic acids is 1. The number of aryl methyl sites for hydroxylation is 2. The number of nitrogens with one attached hydrogen (secondary N) is 2. The lowest BCUT2D eigenvalue weighted by atomic mass is 9.87. The van der Waals surface area contributed by atoms with Crippen LogP contribution < -0.4 is 10.6 Å². The number of rotatable bonds is 4. The summed E-state index contributed by atoms with van der Waals surface area (Å²) in [6.45, 7) is 8.29. The average Bonchev–Trinajstić information content (AvgIpc) is 2.66. The van der Waals surface area contributed by atoms with Crippen LogP contribution in [0.2, 0.25) is 0 Å². The molecule has 0 saturated carbocycles. The molecule has 2 aromatic carbocycles. The molecule has 1 aliphatic carbocycles. The van der Waals surface area contributed by atoms with E-state index < -0.39 is 0 Å². The van der Waals surface area contributed by atoms with Crippen LogP contribution in [0.5, 0.6) is 0 Å². The predicted octanol–water partition coefficient (Wildman–Crippen LogP) is 5.65. The molecular weight excluding hydrogens is 360 g/mol. The van der Waals surface area contributed by atoms with E-state index in [-0.39, 0.29) is 11.7 Å². The van der Waals surface area contributed by atoms with E-state index in [0.29, 0.717) is 23.8 Å². The van der Waals surface area contributed by atoms with Gasteiger partial charge in [-0.25, -0.2) is 4.98 Å². The van der Waals surface area contributed by atoms with Crippen molar-refractivity contribution < 1.29 is 4.79 Å². The molecule has 0 fully saturated rings. The molecule has 0 saturated heterocycles. The summed E-state index contributed by atoms with van der Waals surface area (Å²) >= 11 is 0. The Morgan fingerprint density at radius 3 is 2.45 bits per heavy atom. The second-order valence-corrected chi connectivity index (χ2v) is 8.02. The predicted molar refractivity (Wildman–Crippen MR) is 118 cm³/mol. The molecule has 1 aromatic heterocycles. The number of nitrogens with zero attached hydrogens (tertiary/aromatic N) is 2. The van der Waals surface area contributed by atoms with Gasteiger partial charge in [-0.1, -0.05) is 36.8 Å². The molecule has 1 aliphatic rings. The highest BCUT2D eigenvalue weighted by molar-refractivity contribution is 6.03. The van der Waals surface area contributed by atoms with Gasteiger partial charge in [0.15, 0.2) is 5.78 Å². The van der Waals surface area contributed by atoms with E-state index in [1.165, 1.54) is 11.1 Å². The van der Waals surface area contributed by atoms with Crippen LogP contribution in [-0.2, 0) is 6.42 Å². The van der Waals surface area contributed by atoms with Gasteiger partial charge in [0.1, 0.15) is 5.82 Å². The van der Waals surface area contributed by atoms with Crippen molar-refractivity contribution in [3.63, 3.8) is 0 Å². The van der Waals surface area contributed by atoms with Crippen molar-refractivity contribution in [2.75, 3.05) is 10.6 Å². The Balaban J connectivity index is 1.77. The van der Waals surface area contributed by atoms with Crippen LogP contribution in [0.25, 0.3) is 0 Å². The lowest BCUT2D eigenvalue weighted by molar-refractivity contribution is 0.0953. The number of Topliss-reactive ketones (excluding diaryl/α,β-unsaturated/α-hetero) is 1. The number of anilines is 4. The summed E-state index contributed by atoms with van der Waals surface area (Å²) in [5.74, 6) is 1.47. The molecule has 148 valence electrons. The zero-order chi connectivity index (χ0) is 20.5. The number of aromatic nitrogens is 2. The first-order valence-electron chi connectivity index (χ1n) is 10.0.